The van der Waals surface area contributed by atoms with Crippen molar-refractivity contribution in [3.8, 4) is 0 Å². The van der Waals surface area contributed by atoms with Gasteiger partial charge < -0.3 is 10.1 Å². The standard InChI is InChI=1S/C14H18FNO/c1-13(2)12-9-10(15)3-4-11(12)14(17-13)5-7-16-8-6-14/h3-4,9,16H,5-8H2,1-2H3. The second-order valence-corrected chi connectivity index (χ2v) is 5.55. The van der Waals surface area contributed by atoms with Crippen molar-refractivity contribution in [3.05, 3.63) is 35.1 Å². The average molecular weight is 235 g/mol. The topological polar surface area (TPSA) is 21.3 Å². The molecule has 17 heavy (non-hydrogen) atoms. The Morgan fingerprint density at radius 2 is 1.88 bits per heavy atom. The summed E-state index contributed by atoms with van der Waals surface area (Å²) in [6, 6.07) is 5.09. The molecule has 3 rings (SSSR count). The lowest BCUT2D eigenvalue weighted by molar-refractivity contribution is -0.139. The number of nitrogens with one attached hydrogen (secondary N) is 1. The lowest BCUT2D eigenvalue weighted by atomic mass is 9.83. The van der Waals surface area contributed by atoms with Gasteiger partial charge in [-0.15, -0.1) is 0 Å². The lowest BCUT2D eigenvalue weighted by Crippen LogP contribution is -2.41. The monoisotopic (exact) mass is 235 g/mol. The molecule has 0 amide bonds. The molecule has 0 radical (unpaired) electrons. The Bertz CT molecular complexity index is 450. The fraction of sp³-hybridized carbons (Fsp3) is 0.571. The van der Waals surface area contributed by atoms with Crippen LogP contribution in [-0.4, -0.2) is 13.1 Å². The third kappa shape index (κ3) is 1.60. The molecule has 2 aliphatic rings. The zero-order chi connectivity index (χ0) is 12.1. The molecular formula is C14H18FNO. The van der Waals surface area contributed by atoms with Crippen molar-refractivity contribution in [2.45, 2.75) is 37.9 Å². The van der Waals surface area contributed by atoms with Crippen LogP contribution in [0.1, 0.15) is 37.8 Å². The first kappa shape index (κ1) is 11.2. The smallest absolute Gasteiger partial charge is 0.123 e. The third-order valence-electron chi connectivity index (χ3n) is 3.98. The molecule has 2 nitrogen and oxygen atoms in total. The van der Waals surface area contributed by atoms with Crippen LogP contribution in [0.5, 0.6) is 0 Å². The summed E-state index contributed by atoms with van der Waals surface area (Å²) in [6.07, 6.45) is 1.93. The largest absolute Gasteiger partial charge is 0.360 e. The summed E-state index contributed by atoms with van der Waals surface area (Å²) >= 11 is 0. The number of fused-ring (bicyclic) bond motifs is 2. The Labute approximate surface area is 101 Å². The Morgan fingerprint density at radius 1 is 1.18 bits per heavy atom. The van der Waals surface area contributed by atoms with Gasteiger partial charge in [-0.05, 0) is 63.0 Å². The van der Waals surface area contributed by atoms with Gasteiger partial charge in [0.25, 0.3) is 0 Å². The van der Waals surface area contributed by atoms with Gasteiger partial charge in [-0.3, -0.25) is 0 Å². The van der Waals surface area contributed by atoms with Crippen LogP contribution in [0.15, 0.2) is 18.2 Å². The van der Waals surface area contributed by atoms with Crippen LogP contribution < -0.4 is 5.32 Å². The van der Waals surface area contributed by atoms with Crippen LogP contribution in [0.2, 0.25) is 0 Å². The third-order valence-corrected chi connectivity index (χ3v) is 3.98. The van der Waals surface area contributed by atoms with Gasteiger partial charge in [-0.2, -0.15) is 0 Å². The van der Waals surface area contributed by atoms with Crippen LogP contribution in [0.4, 0.5) is 4.39 Å². The second-order valence-electron chi connectivity index (χ2n) is 5.55. The molecule has 1 spiro atoms. The van der Waals surface area contributed by atoms with E-state index >= 15 is 0 Å². The molecule has 0 aliphatic carbocycles. The van der Waals surface area contributed by atoms with E-state index in [2.05, 4.69) is 5.32 Å². The van der Waals surface area contributed by atoms with Gasteiger partial charge in [-0.25, -0.2) is 4.39 Å². The van der Waals surface area contributed by atoms with E-state index in [0.717, 1.165) is 31.5 Å². The van der Waals surface area contributed by atoms with Crippen molar-refractivity contribution in [1.29, 1.82) is 0 Å². The highest BCUT2D eigenvalue weighted by molar-refractivity contribution is 5.41. The van der Waals surface area contributed by atoms with Crippen molar-refractivity contribution >= 4 is 0 Å². The van der Waals surface area contributed by atoms with Crippen LogP contribution in [0.3, 0.4) is 0 Å². The first-order chi connectivity index (χ1) is 8.04. The molecule has 1 N–H and O–H groups in total. The normalized spacial score (nSPS) is 24.9. The van der Waals surface area contributed by atoms with Crippen LogP contribution in [0.25, 0.3) is 0 Å². The Hall–Kier alpha value is -0.930. The molecule has 0 aromatic heterocycles. The highest BCUT2D eigenvalue weighted by atomic mass is 19.1. The minimum absolute atomic E-state index is 0.175. The van der Waals surface area contributed by atoms with Crippen molar-refractivity contribution < 1.29 is 9.13 Å². The summed E-state index contributed by atoms with van der Waals surface area (Å²) in [5.41, 5.74) is 1.62. The summed E-state index contributed by atoms with van der Waals surface area (Å²) in [5, 5.41) is 3.35. The summed E-state index contributed by atoms with van der Waals surface area (Å²) in [7, 11) is 0. The number of benzene rings is 1. The van der Waals surface area contributed by atoms with Crippen molar-refractivity contribution in [1.82, 2.24) is 5.32 Å². The maximum Gasteiger partial charge on any atom is 0.123 e. The molecule has 0 saturated carbocycles. The summed E-state index contributed by atoms with van der Waals surface area (Å²) in [4.78, 5) is 0. The molecule has 1 fully saturated rings. The van der Waals surface area contributed by atoms with Crippen molar-refractivity contribution in [2.75, 3.05) is 13.1 Å². The van der Waals surface area contributed by atoms with Gasteiger partial charge in [0, 0.05) is 0 Å². The summed E-state index contributed by atoms with van der Waals surface area (Å²) < 4.78 is 19.7. The number of rotatable bonds is 0. The maximum absolute atomic E-state index is 13.4. The quantitative estimate of drug-likeness (QED) is 0.746. The van der Waals surface area contributed by atoms with E-state index < -0.39 is 0 Å². The molecule has 92 valence electrons. The summed E-state index contributed by atoms with van der Waals surface area (Å²) in [6.45, 7) is 5.99. The van der Waals surface area contributed by atoms with Gasteiger partial charge in [-0.1, -0.05) is 6.07 Å². The Kier molecular flexibility index (Phi) is 2.32. The maximum atomic E-state index is 13.4. The van der Waals surface area contributed by atoms with E-state index in [1.54, 1.807) is 12.1 Å². The van der Waals surface area contributed by atoms with Crippen LogP contribution in [0, 0.1) is 5.82 Å². The highest BCUT2D eigenvalue weighted by Gasteiger charge is 2.49. The second kappa shape index (κ2) is 3.53. The molecule has 2 heterocycles. The molecule has 1 aromatic rings. The number of hydrogen-bond acceptors (Lipinski definition) is 2. The lowest BCUT2D eigenvalue weighted by Gasteiger charge is -2.36. The van der Waals surface area contributed by atoms with Gasteiger partial charge in [0.05, 0.1) is 11.2 Å². The number of piperidine rings is 1. The fourth-order valence-corrected chi connectivity index (χ4v) is 3.21. The first-order valence-corrected chi connectivity index (χ1v) is 6.25. The summed E-state index contributed by atoms with van der Waals surface area (Å²) in [5.74, 6) is -0.175. The predicted molar refractivity (Wildman–Crippen MR) is 64.3 cm³/mol. The van der Waals surface area contributed by atoms with E-state index in [1.807, 2.05) is 19.9 Å². The van der Waals surface area contributed by atoms with E-state index in [0.29, 0.717) is 0 Å². The minimum Gasteiger partial charge on any atom is -0.360 e. The van der Waals surface area contributed by atoms with Gasteiger partial charge in [0.15, 0.2) is 0 Å². The number of hydrogen-bond donors (Lipinski definition) is 1. The molecule has 1 aromatic carbocycles. The van der Waals surface area contributed by atoms with E-state index in [4.69, 9.17) is 4.74 Å². The fourth-order valence-electron chi connectivity index (χ4n) is 3.21. The molecule has 3 heteroatoms. The van der Waals surface area contributed by atoms with Crippen molar-refractivity contribution in [2.24, 2.45) is 0 Å². The molecule has 0 bridgehead atoms. The molecule has 2 aliphatic heterocycles. The van der Waals surface area contributed by atoms with Crippen LogP contribution >= 0.6 is 0 Å². The molecule has 1 saturated heterocycles. The number of halogens is 1. The molecular weight excluding hydrogens is 217 g/mol. The number of ether oxygens (including phenoxy) is 1. The van der Waals surface area contributed by atoms with E-state index in [-0.39, 0.29) is 17.0 Å². The first-order valence-electron chi connectivity index (χ1n) is 6.25. The zero-order valence-electron chi connectivity index (χ0n) is 10.3. The molecule has 0 unspecified atom stereocenters. The van der Waals surface area contributed by atoms with E-state index in [1.165, 1.54) is 5.56 Å². The van der Waals surface area contributed by atoms with Gasteiger partial charge >= 0.3 is 0 Å². The SMILES string of the molecule is CC1(C)OC2(CCNCC2)c2ccc(F)cc21. The van der Waals surface area contributed by atoms with Crippen LogP contribution in [-0.2, 0) is 15.9 Å². The highest BCUT2D eigenvalue weighted by Crippen LogP contribution is 2.51. The Balaban J connectivity index is 2.13. The van der Waals surface area contributed by atoms with Gasteiger partial charge in [0.2, 0.25) is 0 Å². The predicted octanol–water partition coefficient (Wildman–Crippen LogP) is 2.67. The average Bonchev–Trinajstić information content (AvgIpc) is 2.48. The van der Waals surface area contributed by atoms with E-state index in [9.17, 15) is 4.39 Å². The van der Waals surface area contributed by atoms with Crippen molar-refractivity contribution in [3.63, 3.8) is 0 Å². The Morgan fingerprint density at radius 3 is 2.59 bits per heavy atom. The van der Waals surface area contributed by atoms with Gasteiger partial charge in [0.1, 0.15) is 5.82 Å². The zero-order valence-corrected chi connectivity index (χ0v) is 10.3. The molecule has 0 atom stereocenters. The minimum atomic E-state index is -0.380.